The highest BCUT2D eigenvalue weighted by Crippen LogP contribution is 2.30. The molecule has 0 saturated heterocycles. The van der Waals surface area contributed by atoms with Gasteiger partial charge in [0.1, 0.15) is 0 Å². The number of hydrogen-bond acceptors (Lipinski definition) is 2. The molecule has 0 bridgehead atoms. The Morgan fingerprint density at radius 1 is 0.964 bits per heavy atom. The van der Waals surface area contributed by atoms with Crippen LogP contribution in [0.2, 0.25) is 0 Å². The molecule has 1 aliphatic carbocycles. The van der Waals surface area contributed by atoms with Crippen LogP contribution < -0.4 is 10.6 Å². The van der Waals surface area contributed by atoms with Crippen LogP contribution in [0.4, 0.5) is 5.69 Å². The highest BCUT2D eigenvalue weighted by atomic mass is 16.2. The first-order valence-electron chi connectivity index (χ1n) is 9.76. The molecule has 1 aliphatic rings. The predicted octanol–water partition coefficient (Wildman–Crippen LogP) is 4.61. The van der Waals surface area contributed by atoms with Gasteiger partial charge in [0.2, 0.25) is 11.8 Å². The van der Waals surface area contributed by atoms with Crippen LogP contribution in [0.1, 0.15) is 36.9 Å². The Morgan fingerprint density at radius 2 is 1.68 bits per heavy atom. The van der Waals surface area contributed by atoms with Crippen molar-refractivity contribution in [3.8, 4) is 0 Å². The second-order valence-electron chi connectivity index (χ2n) is 7.53. The van der Waals surface area contributed by atoms with Gasteiger partial charge in [0, 0.05) is 11.6 Å². The van der Waals surface area contributed by atoms with Crippen LogP contribution in [0.3, 0.4) is 0 Å². The zero-order valence-corrected chi connectivity index (χ0v) is 15.9. The molecule has 1 atom stereocenters. The second kappa shape index (κ2) is 7.85. The van der Waals surface area contributed by atoms with E-state index in [-0.39, 0.29) is 23.8 Å². The van der Waals surface area contributed by atoms with E-state index in [1.807, 2.05) is 49.4 Å². The van der Waals surface area contributed by atoms with Crippen molar-refractivity contribution in [1.82, 2.24) is 5.32 Å². The van der Waals surface area contributed by atoms with Crippen molar-refractivity contribution in [1.29, 1.82) is 0 Å². The quantitative estimate of drug-likeness (QED) is 0.664. The lowest BCUT2D eigenvalue weighted by molar-refractivity contribution is -0.121. The van der Waals surface area contributed by atoms with Gasteiger partial charge < -0.3 is 10.6 Å². The maximum absolute atomic E-state index is 12.5. The fourth-order valence-corrected chi connectivity index (χ4v) is 3.35. The highest BCUT2D eigenvalue weighted by molar-refractivity contribution is 5.94. The molecule has 2 amide bonds. The SMILES string of the molecule is CC(NC(=O)Cc1ccc2ccccc2c1)c1ccc(NC(=O)C2CC2)cc1. The molecule has 0 aliphatic heterocycles. The van der Waals surface area contributed by atoms with Gasteiger partial charge in [0.05, 0.1) is 12.5 Å². The summed E-state index contributed by atoms with van der Waals surface area (Å²) in [6.07, 6.45) is 2.33. The summed E-state index contributed by atoms with van der Waals surface area (Å²) in [5.41, 5.74) is 2.81. The van der Waals surface area contributed by atoms with Gasteiger partial charge in [-0.25, -0.2) is 0 Å². The van der Waals surface area contributed by atoms with Crippen molar-refractivity contribution in [3.05, 3.63) is 77.9 Å². The molecule has 3 aromatic rings. The molecule has 3 aromatic carbocycles. The van der Waals surface area contributed by atoms with Gasteiger partial charge >= 0.3 is 0 Å². The fraction of sp³-hybridized carbons (Fsp3) is 0.250. The zero-order chi connectivity index (χ0) is 19.5. The monoisotopic (exact) mass is 372 g/mol. The van der Waals surface area contributed by atoms with Gasteiger partial charge in [0.15, 0.2) is 0 Å². The van der Waals surface area contributed by atoms with Crippen LogP contribution in [-0.2, 0) is 16.0 Å². The van der Waals surface area contributed by atoms with Crippen molar-refractivity contribution >= 4 is 28.3 Å². The van der Waals surface area contributed by atoms with Crippen LogP contribution in [-0.4, -0.2) is 11.8 Å². The minimum Gasteiger partial charge on any atom is -0.349 e. The van der Waals surface area contributed by atoms with Gasteiger partial charge in [-0.2, -0.15) is 0 Å². The van der Waals surface area contributed by atoms with Crippen molar-refractivity contribution in [2.75, 3.05) is 5.32 Å². The van der Waals surface area contributed by atoms with E-state index in [0.29, 0.717) is 6.42 Å². The number of fused-ring (bicyclic) bond motifs is 1. The molecule has 0 radical (unpaired) electrons. The smallest absolute Gasteiger partial charge is 0.227 e. The standard InChI is InChI=1S/C24H24N2O2/c1-16(18-10-12-22(13-11-18)26-24(28)20-8-9-20)25-23(27)15-17-6-7-19-4-2-3-5-21(19)14-17/h2-7,10-14,16,20H,8-9,15H2,1H3,(H,25,27)(H,26,28). The third-order valence-electron chi connectivity index (χ3n) is 5.18. The van der Waals surface area contributed by atoms with Crippen LogP contribution in [0.15, 0.2) is 66.7 Å². The number of nitrogens with one attached hydrogen (secondary N) is 2. The van der Waals surface area contributed by atoms with E-state index >= 15 is 0 Å². The summed E-state index contributed by atoms with van der Waals surface area (Å²) < 4.78 is 0. The van der Waals surface area contributed by atoms with Crippen LogP contribution in [0.25, 0.3) is 10.8 Å². The van der Waals surface area contributed by atoms with Gasteiger partial charge in [0.25, 0.3) is 0 Å². The molecule has 0 spiro atoms. The summed E-state index contributed by atoms with van der Waals surface area (Å²) in [5.74, 6) is 0.284. The topological polar surface area (TPSA) is 58.2 Å². The Kier molecular flexibility index (Phi) is 5.11. The molecule has 0 aromatic heterocycles. The lowest BCUT2D eigenvalue weighted by atomic mass is 10.0. The molecule has 4 rings (SSSR count). The maximum atomic E-state index is 12.5. The number of carbonyl (C=O) groups is 2. The Hall–Kier alpha value is -3.14. The number of amides is 2. The minimum atomic E-state index is -0.0962. The Balaban J connectivity index is 1.34. The molecule has 142 valence electrons. The number of hydrogen-bond donors (Lipinski definition) is 2. The molecule has 1 saturated carbocycles. The summed E-state index contributed by atoms with van der Waals surface area (Å²) in [5, 5.41) is 8.30. The summed E-state index contributed by atoms with van der Waals surface area (Å²) in [6.45, 7) is 1.97. The first-order valence-corrected chi connectivity index (χ1v) is 9.76. The maximum Gasteiger partial charge on any atom is 0.227 e. The largest absolute Gasteiger partial charge is 0.349 e. The van der Waals surface area contributed by atoms with Crippen molar-refractivity contribution in [3.63, 3.8) is 0 Å². The Labute approximate surface area is 165 Å². The van der Waals surface area contributed by atoms with Gasteiger partial charge in [-0.1, -0.05) is 54.6 Å². The third kappa shape index (κ3) is 4.39. The first kappa shape index (κ1) is 18.2. The molecular formula is C24H24N2O2. The van der Waals surface area contributed by atoms with Crippen molar-refractivity contribution in [2.45, 2.75) is 32.2 Å². The van der Waals surface area contributed by atoms with Gasteiger partial charge in [-0.05, 0) is 53.8 Å². The van der Waals surface area contributed by atoms with Crippen LogP contribution in [0.5, 0.6) is 0 Å². The van der Waals surface area contributed by atoms with E-state index in [1.54, 1.807) is 0 Å². The highest BCUT2D eigenvalue weighted by Gasteiger charge is 2.29. The predicted molar refractivity (Wildman–Crippen MR) is 112 cm³/mol. The van der Waals surface area contributed by atoms with E-state index in [1.165, 1.54) is 5.39 Å². The summed E-state index contributed by atoms with van der Waals surface area (Å²) in [4.78, 5) is 24.3. The average molecular weight is 372 g/mol. The van der Waals surface area contributed by atoms with Gasteiger partial charge in [-0.15, -0.1) is 0 Å². The van der Waals surface area contributed by atoms with E-state index in [2.05, 4.69) is 34.9 Å². The first-order chi connectivity index (χ1) is 13.6. The number of carbonyl (C=O) groups excluding carboxylic acids is 2. The Bertz CT molecular complexity index is 1010. The minimum absolute atomic E-state index is 0.00565. The fourth-order valence-electron chi connectivity index (χ4n) is 3.35. The van der Waals surface area contributed by atoms with Crippen LogP contribution >= 0.6 is 0 Å². The number of anilines is 1. The van der Waals surface area contributed by atoms with Gasteiger partial charge in [-0.3, -0.25) is 9.59 Å². The molecule has 2 N–H and O–H groups in total. The molecule has 4 heteroatoms. The van der Waals surface area contributed by atoms with E-state index in [0.717, 1.165) is 35.0 Å². The number of rotatable bonds is 6. The molecule has 1 unspecified atom stereocenters. The summed E-state index contributed by atoms with van der Waals surface area (Å²) in [6, 6.07) is 21.8. The van der Waals surface area contributed by atoms with E-state index in [4.69, 9.17) is 0 Å². The van der Waals surface area contributed by atoms with Crippen molar-refractivity contribution < 1.29 is 9.59 Å². The summed E-state index contributed by atoms with van der Waals surface area (Å²) in [7, 11) is 0. The average Bonchev–Trinajstić information content (AvgIpc) is 3.54. The molecule has 0 heterocycles. The zero-order valence-electron chi connectivity index (χ0n) is 15.9. The lowest BCUT2D eigenvalue weighted by Crippen LogP contribution is -2.28. The molecular weight excluding hydrogens is 348 g/mol. The molecule has 28 heavy (non-hydrogen) atoms. The molecule has 4 nitrogen and oxygen atoms in total. The Morgan fingerprint density at radius 3 is 2.39 bits per heavy atom. The second-order valence-corrected chi connectivity index (χ2v) is 7.53. The lowest BCUT2D eigenvalue weighted by Gasteiger charge is -2.15. The van der Waals surface area contributed by atoms with E-state index in [9.17, 15) is 9.59 Å². The third-order valence-corrected chi connectivity index (χ3v) is 5.18. The molecule has 1 fully saturated rings. The number of benzene rings is 3. The van der Waals surface area contributed by atoms with Crippen LogP contribution in [0, 0.1) is 5.92 Å². The normalized spacial score (nSPS) is 14.5. The van der Waals surface area contributed by atoms with Crippen molar-refractivity contribution in [2.24, 2.45) is 5.92 Å². The van der Waals surface area contributed by atoms with E-state index < -0.39 is 0 Å². The summed E-state index contributed by atoms with van der Waals surface area (Å²) >= 11 is 0.